The number of esters is 1. The minimum absolute atomic E-state index is 0.0875. The van der Waals surface area contributed by atoms with Crippen LogP contribution in [0, 0.1) is 5.92 Å². The summed E-state index contributed by atoms with van der Waals surface area (Å²) in [7, 11) is 1.66. The average molecular weight is 397 g/mol. The number of carbonyl (C=O) groups is 1. The molecule has 156 valence electrons. The minimum Gasteiger partial charge on any atom is -0.497 e. The Morgan fingerprint density at radius 1 is 1.00 bits per heavy atom. The predicted octanol–water partition coefficient (Wildman–Crippen LogP) is 5.47. The first-order valence-corrected chi connectivity index (χ1v) is 10.7. The maximum Gasteiger partial charge on any atom is 0.308 e. The van der Waals surface area contributed by atoms with Crippen LogP contribution in [-0.2, 0) is 15.1 Å². The summed E-state index contributed by atoms with van der Waals surface area (Å²) in [6.45, 7) is 2.65. The van der Waals surface area contributed by atoms with E-state index in [-0.39, 0.29) is 11.9 Å². The van der Waals surface area contributed by atoms with E-state index in [1.807, 2.05) is 48.5 Å². The van der Waals surface area contributed by atoms with Crippen LogP contribution < -0.4 is 4.74 Å². The SMILES string of the molecule is CCCCCOC(=O)C1CCC(O)(c2ccc(-c3ccc(OC)cc3)cc2)CC1. The maximum atomic E-state index is 12.2. The highest BCUT2D eigenvalue weighted by molar-refractivity contribution is 5.72. The number of rotatable bonds is 8. The molecular formula is C25H32O4. The highest BCUT2D eigenvalue weighted by Crippen LogP contribution is 2.40. The fraction of sp³-hybridized carbons (Fsp3) is 0.480. The molecule has 1 N–H and O–H groups in total. The van der Waals surface area contributed by atoms with Crippen molar-refractivity contribution in [3.8, 4) is 16.9 Å². The second-order valence-electron chi connectivity index (χ2n) is 7.99. The van der Waals surface area contributed by atoms with Crippen LogP contribution in [-0.4, -0.2) is 24.8 Å². The molecule has 0 aliphatic heterocycles. The van der Waals surface area contributed by atoms with Gasteiger partial charge >= 0.3 is 5.97 Å². The van der Waals surface area contributed by atoms with Crippen molar-refractivity contribution in [1.82, 2.24) is 0 Å². The number of unbranched alkanes of at least 4 members (excludes halogenated alkanes) is 2. The summed E-state index contributed by atoms with van der Waals surface area (Å²) in [6, 6.07) is 16.0. The van der Waals surface area contributed by atoms with Crippen LogP contribution >= 0.6 is 0 Å². The van der Waals surface area contributed by atoms with Gasteiger partial charge < -0.3 is 14.6 Å². The molecule has 0 bridgehead atoms. The lowest BCUT2D eigenvalue weighted by Gasteiger charge is -2.35. The summed E-state index contributed by atoms with van der Waals surface area (Å²) in [5, 5.41) is 11.1. The summed E-state index contributed by atoms with van der Waals surface area (Å²) in [4.78, 5) is 12.2. The number of benzene rings is 2. The van der Waals surface area contributed by atoms with Gasteiger partial charge in [-0.2, -0.15) is 0 Å². The van der Waals surface area contributed by atoms with Crippen LogP contribution in [0.4, 0.5) is 0 Å². The van der Waals surface area contributed by atoms with Crippen molar-refractivity contribution < 1.29 is 19.4 Å². The Morgan fingerprint density at radius 2 is 1.59 bits per heavy atom. The Morgan fingerprint density at radius 3 is 2.14 bits per heavy atom. The third-order valence-electron chi connectivity index (χ3n) is 5.98. The van der Waals surface area contributed by atoms with Crippen molar-refractivity contribution in [2.75, 3.05) is 13.7 Å². The minimum atomic E-state index is -0.864. The summed E-state index contributed by atoms with van der Waals surface area (Å²) in [5.41, 5.74) is 2.27. The molecule has 4 heteroatoms. The largest absolute Gasteiger partial charge is 0.497 e. The molecule has 1 aliphatic carbocycles. The van der Waals surface area contributed by atoms with E-state index >= 15 is 0 Å². The monoisotopic (exact) mass is 396 g/mol. The molecule has 1 aliphatic rings. The summed E-state index contributed by atoms with van der Waals surface area (Å²) in [5.74, 6) is 0.647. The molecule has 1 saturated carbocycles. The zero-order chi connectivity index (χ0) is 20.7. The molecule has 29 heavy (non-hydrogen) atoms. The molecule has 4 nitrogen and oxygen atoms in total. The van der Waals surface area contributed by atoms with Gasteiger partial charge in [-0.25, -0.2) is 0 Å². The van der Waals surface area contributed by atoms with Crippen molar-refractivity contribution in [2.24, 2.45) is 5.92 Å². The second-order valence-corrected chi connectivity index (χ2v) is 7.99. The second kappa shape index (κ2) is 9.93. The molecule has 2 aromatic carbocycles. The van der Waals surface area contributed by atoms with E-state index in [2.05, 4.69) is 6.92 Å². The van der Waals surface area contributed by atoms with Crippen LogP contribution in [0.5, 0.6) is 5.75 Å². The molecule has 2 aromatic rings. The predicted molar refractivity (Wildman–Crippen MR) is 115 cm³/mol. The van der Waals surface area contributed by atoms with Gasteiger partial charge in [0.25, 0.3) is 0 Å². The van der Waals surface area contributed by atoms with Gasteiger partial charge in [-0.1, -0.05) is 56.2 Å². The molecule has 0 unspecified atom stereocenters. The zero-order valence-corrected chi connectivity index (χ0v) is 17.5. The first kappa shape index (κ1) is 21.4. The molecule has 3 rings (SSSR count). The number of hydrogen-bond donors (Lipinski definition) is 1. The van der Waals surface area contributed by atoms with Crippen LogP contribution in [0.2, 0.25) is 0 Å². The summed E-state index contributed by atoms with van der Waals surface area (Å²) in [6.07, 6.45) is 5.65. The normalized spacial score (nSPS) is 21.6. The first-order valence-electron chi connectivity index (χ1n) is 10.7. The fourth-order valence-corrected chi connectivity index (χ4v) is 4.02. The van der Waals surface area contributed by atoms with E-state index in [9.17, 15) is 9.90 Å². The Labute approximate surface area is 173 Å². The molecule has 0 saturated heterocycles. The Hall–Kier alpha value is -2.33. The van der Waals surface area contributed by atoms with E-state index < -0.39 is 5.60 Å². The van der Waals surface area contributed by atoms with Crippen molar-refractivity contribution in [2.45, 2.75) is 57.5 Å². The van der Waals surface area contributed by atoms with Crippen LogP contribution in [0.1, 0.15) is 57.4 Å². The highest BCUT2D eigenvalue weighted by atomic mass is 16.5. The number of carbonyl (C=O) groups excluding carboxylic acids is 1. The molecule has 0 aromatic heterocycles. The van der Waals surface area contributed by atoms with Gasteiger partial charge in [0, 0.05) is 0 Å². The quantitative estimate of drug-likeness (QED) is 0.475. The van der Waals surface area contributed by atoms with Crippen molar-refractivity contribution in [1.29, 1.82) is 0 Å². The molecule has 0 spiro atoms. The zero-order valence-electron chi connectivity index (χ0n) is 17.5. The smallest absolute Gasteiger partial charge is 0.308 e. The molecule has 0 amide bonds. The summed E-state index contributed by atoms with van der Waals surface area (Å²) < 4.78 is 10.6. The number of ether oxygens (including phenoxy) is 2. The van der Waals surface area contributed by atoms with E-state index in [0.29, 0.717) is 32.3 Å². The standard InChI is InChI=1S/C25H32O4/c1-3-4-5-18-29-24(26)21-14-16-25(27,17-15-21)22-10-6-19(7-11-22)20-8-12-23(28-2)13-9-20/h6-13,21,27H,3-5,14-18H2,1-2H3. The summed E-state index contributed by atoms with van der Waals surface area (Å²) >= 11 is 0. The molecule has 1 fully saturated rings. The molecule has 0 atom stereocenters. The van der Waals surface area contributed by atoms with E-state index in [4.69, 9.17) is 9.47 Å². The lowest BCUT2D eigenvalue weighted by molar-refractivity contribution is -0.152. The Balaban J connectivity index is 1.57. The number of hydrogen-bond acceptors (Lipinski definition) is 4. The van der Waals surface area contributed by atoms with Gasteiger partial charge in [0.1, 0.15) is 5.75 Å². The first-order chi connectivity index (χ1) is 14.1. The van der Waals surface area contributed by atoms with E-state index in [1.54, 1.807) is 7.11 Å². The van der Waals surface area contributed by atoms with Crippen molar-refractivity contribution >= 4 is 5.97 Å². The molecule has 0 heterocycles. The third-order valence-corrected chi connectivity index (χ3v) is 5.98. The van der Waals surface area contributed by atoms with Crippen LogP contribution in [0.25, 0.3) is 11.1 Å². The van der Waals surface area contributed by atoms with Gasteiger partial charge in [-0.05, 0) is 60.9 Å². The van der Waals surface area contributed by atoms with E-state index in [1.165, 1.54) is 0 Å². The molecule has 0 radical (unpaired) electrons. The van der Waals surface area contributed by atoms with Crippen molar-refractivity contribution in [3.63, 3.8) is 0 Å². The highest BCUT2D eigenvalue weighted by Gasteiger charge is 2.37. The fourth-order valence-electron chi connectivity index (χ4n) is 4.02. The van der Waals surface area contributed by atoms with Crippen molar-refractivity contribution in [3.05, 3.63) is 54.1 Å². The van der Waals surface area contributed by atoms with Gasteiger partial charge in [0.05, 0.1) is 25.2 Å². The van der Waals surface area contributed by atoms with Gasteiger partial charge in [-0.3, -0.25) is 4.79 Å². The Kier molecular flexibility index (Phi) is 7.32. The third kappa shape index (κ3) is 5.39. The Bertz CT molecular complexity index is 771. The topological polar surface area (TPSA) is 55.8 Å². The van der Waals surface area contributed by atoms with Gasteiger partial charge in [-0.15, -0.1) is 0 Å². The maximum absolute atomic E-state index is 12.2. The van der Waals surface area contributed by atoms with Gasteiger partial charge in [0.2, 0.25) is 0 Å². The van der Waals surface area contributed by atoms with Crippen LogP contribution in [0.3, 0.4) is 0 Å². The van der Waals surface area contributed by atoms with Gasteiger partial charge in [0.15, 0.2) is 0 Å². The lowest BCUT2D eigenvalue weighted by Crippen LogP contribution is -2.34. The number of aliphatic hydroxyl groups is 1. The lowest BCUT2D eigenvalue weighted by atomic mass is 9.75. The number of methoxy groups -OCH3 is 1. The van der Waals surface area contributed by atoms with E-state index in [0.717, 1.165) is 41.7 Å². The van der Waals surface area contributed by atoms with Crippen LogP contribution in [0.15, 0.2) is 48.5 Å². The molecular weight excluding hydrogens is 364 g/mol. The average Bonchev–Trinajstić information content (AvgIpc) is 2.77.